The molecule has 27 heavy (non-hydrogen) atoms. The second-order valence-electron chi connectivity index (χ2n) is 8.88. The van der Waals surface area contributed by atoms with Crippen LogP contribution in [0, 0.1) is 6.92 Å². The summed E-state index contributed by atoms with van der Waals surface area (Å²) in [6.07, 6.45) is 2.26. The van der Waals surface area contributed by atoms with E-state index >= 15 is 0 Å². The molecule has 0 spiro atoms. The Balaban J connectivity index is 2.05. The molecule has 0 unspecified atom stereocenters. The molecule has 0 fully saturated rings. The summed E-state index contributed by atoms with van der Waals surface area (Å²) >= 11 is 0. The Bertz CT molecular complexity index is 902. The fraction of sp³-hybridized carbons (Fsp3) is 0.417. The fourth-order valence-corrected chi connectivity index (χ4v) is 4.00. The third kappa shape index (κ3) is 3.43. The fourth-order valence-electron chi connectivity index (χ4n) is 4.00. The molecule has 3 heteroatoms. The molecule has 1 aliphatic carbocycles. The molecule has 142 valence electrons. The number of rotatable bonds is 3. The highest BCUT2D eigenvalue weighted by Crippen LogP contribution is 2.46. The number of methoxy groups -OCH3 is 1. The van der Waals surface area contributed by atoms with Crippen molar-refractivity contribution in [2.24, 2.45) is 0 Å². The zero-order chi connectivity index (χ0) is 20.0. The predicted molar refractivity (Wildman–Crippen MR) is 108 cm³/mol. The van der Waals surface area contributed by atoms with E-state index in [4.69, 9.17) is 4.74 Å². The molecule has 0 amide bonds. The third-order valence-electron chi connectivity index (χ3n) is 6.01. The Hall–Kier alpha value is -2.42. The number of ether oxygens (including phenoxy) is 1. The molecule has 0 saturated carbocycles. The van der Waals surface area contributed by atoms with Crippen LogP contribution < -0.4 is 0 Å². The van der Waals surface area contributed by atoms with Gasteiger partial charge in [-0.05, 0) is 65.5 Å². The molecule has 2 aromatic carbocycles. The van der Waals surface area contributed by atoms with Gasteiger partial charge in [-0.1, -0.05) is 45.9 Å². The van der Waals surface area contributed by atoms with Crippen molar-refractivity contribution in [1.29, 1.82) is 0 Å². The highest BCUT2D eigenvalue weighted by atomic mass is 16.5. The van der Waals surface area contributed by atoms with Gasteiger partial charge in [0.1, 0.15) is 0 Å². The number of carbonyl (C=O) groups excluding carboxylic acids is 2. The van der Waals surface area contributed by atoms with Crippen molar-refractivity contribution in [3.63, 3.8) is 0 Å². The van der Waals surface area contributed by atoms with Crippen molar-refractivity contribution in [3.8, 4) is 0 Å². The van der Waals surface area contributed by atoms with Crippen molar-refractivity contribution >= 4 is 11.8 Å². The van der Waals surface area contributed by atoms with Gasteiger partial charge < -0.3 is 4.74 Å². The monoisotopic (exact) mass is 368 g/mol. The Labute approximate surface area is 161 Å². The van der Waals surface area contributed by atoms with E-state index in [-0.39, 0.29) is 16.6 Å². The maximum Gasteiger partial charge on any atom is 0.337 e. The number of benzene rings is 2. The summed E-state index contributed by atoms with van der Waals surface area (Å²) in [4.78, 5) is 24.8. The lowest BCUT2D eigenvalue weighted by molar-refractivity contribution is 0.0600. The highest BCUT2D eigenvalue weighted by molar-refractivity contribution is 6.10. The minimum absolute atomic E-state index is 0.00843. The first-order chi connectivity index (χ1) is 12.6. The lowest BCUT2D eigenvalue weighted by atomic mass is 9.71. The van der Waals surface area contributed by atoms with E-state index in [0.29, 0.717) is 11.1 Å². The molecular formula is C24H28O3. The van der Waals surface area contributed by atoms with Gasteiger partial charge in [-0.2, -0.15) is 0 Å². The first-order valence-corrected chi connectivity index (χ1v) is 9.45. The van der Waals surface area contributed by atoms with E-state index in [2.05, 4.69) is 39.8 Å². The molecule has 0 radical (unpaired) electrons. The van der Waals surface area contributed by atoms with Crippen LogP contribution in [-0.4, -0.2) is 18.9 Å². The third-order valence-corrected chi connectivity index (χ3v) is 6.01. The lowest BCUT2D eigenvalue weighted by Crippen LogP contribution is -2.34. The van der Waals surface area contributed by atoms with E-state index in [9.17, 15) is 9.59 Å². The molecule has 0 atom stereocenters. The van der Waals surface area contributed by atoms with Crippen LogP contribution in [0.1, 0.15) is 83.5 Å². The van der Waals surface area contributed by atoms with Gasteiger partial charge in [0, 0.05) is 11.1 Å². The summed E-state index contributed by atoms with van der Waals surface area (Å²) < 4.78 is 4.72. The van der Waals surface area contributed by atoms with Gasteiger partial charge in [-0.3, -0.25) is 4.79 Å². The van der Waals surface area contributed by atoms with E-state index in [1.807, 2.05) is 6.92 Å². The maximum absolute atomic E-state index is 13.2. The first-order valence-electron chi connectivity index (χ1n) is 9.45. The van der Waals surface area contributed by atoms with Gasteiger partial charge in [0.05, 0.1) is 12.7 Å². The summed E-state index contributed by atoms with van der Waals surface area (Å²) in [7, 11) is 1.35. The Morgan fingerprint density at radius 1 is 0.852 bits per heavy atom. The van der Waals surface area contributed by atoms with Crippen molar-refractivity contribution in [2.75, 3.05) is 7.11 Å². The van der Waals surface area contributed by atoms with Gasteiger partial charge in [-0.25, -0.2) is 4.79 Å². The predicted octanol–water partition coefficient (Wildman–Crippen LogP) is 5.36. The minimum Gasteiger partial charge on any atom is -0.465 e. The Morgan fingerprint density at radius 2 is 1.33 bits per heavy atom. The Kier molecular flexibility index (Phi) is 4.75. The summed E-state index contributed by atoms with van der Waals surface area (Å²) in [6, 6.07) is 11.0. The van der Waals surface area contributed by atoms with Gasteiger partial charge in [0.2, 0.25) is 0 Å². The Morgan fingerprint density at radius 3 is 1.85 bits per heavy atom. The number of esters is 1. The SMILES string of the molecule is COC(=O)c1ccc(C(=O)c2cc3c(cc2C)C([13CH3])([13CH3])CCC3([13CH3])[13CH3])cc1. The highest BCUT2D eigenvalue weighted by Gasteiger charge is 2.37. The molecule has 0 bridgehead atoms. The summed E-state index contributed by atoms with van der Waals surface area (Å²) in [5.74, 6) is -0.408. The standard InChI is InChI=1S/C24H28O3/c1-15-13-19-20(24(4,5)12-11-23(19,2)3)14-18(15)21(25)16-7-9-17(10-8-16)22(26)27-6/h7-10,13-14H,11-12H2,1-6H3/i2+1,3+1,4+1,5+1. The number of fused-ring (bicyclic) bond motifs is 1. The molecule has 0 N–H and O–H groups in total. The van der Waals surface area contributed by atoms with Crippen LogP contribution >= 0.6 is 0 Å². The zero-order valence-electron chi connectivity index (χ0n) is 17.1. The molecular weight excluding hydrogens is 340 g/mol. The minimum atomic E-state index is -0.400. The second kappa shape index (κ2) is 6.63. The molecule has 0 saturated heterocycles. The molecule has 0 heterocycles. The van der Waals surface area contributed by atoms with Crippen molar-refractivity contribution < 1.29 is 14.3 Å². The number of hydrogen-bond donors (Lipinski definition) is 0. The maximum atomic E-state index is 13.2. The molecule has 0 aromatic heterocycles. The first kappa shape index (κ1) is 19.3. The summed E-state index contributed by atoms with van der Waals surface area (Å²) in [5.41, 5.74) is 5.58. The van der Waals surface area contributed by atoms with Crippen LogP contribution in [-0.2, 0) is 15.6 Å². The van der Waals surface area contributed by atoms with Gasteiger partial charge in [0.15, 0.2) is 5.78 Å². The molecule has 0 aliphatic heterocycles. The summed E-state index contributed by atoms with van der Waals surface area (Å²) in [6.45, 7) is 11.1. The van der Waals surface area contributed by atoms with Crippen LogP contribution in [0.5, 0.6) is 0 Å². The van der Waals surface area contributed by atoms with Crippen LogP contribution in [0.4, 0.5) is 0 Å². The number of aryl methyl sites for hydroxylation is 1. The lowest BCUT2D eigenvalue weighted by Gasteiger charge is -2.42. The largest absolute Gasteiger partial charge is 0.465 e. The van der Waals surface area contributed by atoms with Crippen molar-refractivity contribution in [1.82, 2.24) is 0 Å². The average molecular weight is 368 g/mol. The quantitative estimate of drug-likeness (QED) is 0.416. The van der Waals surface area contributed by atoms with E-state index in [1.165, 1.54) is 18.2 Å². The topological polar surface area (TPSA) is 43.4 Å². The van der Waals surface area contributed by atoms with Gasteiger partial charge in [-0.15, -0.1) is 0 Å². The smallest absolute Gasteiger partial charge is 0.337 e. The molecule has 3 nitrogen and oxygen atoms in total. The van der Waals surface area contributed by atoms with Gasteiger partial charge >= 0.3 is 5.97 Å². The van der Waals surface area contributed by atoms with Gasteiger partial charge in [0.25, 0.3) is 0 Å². The van der Waals surface area contributed by atoms with E-state index < -0.39 is 5.97 Å². The van der Waals surface area contributed by atoms with E-state index in [1.54, 1.807) is 24.3 Å². The molecule has 3 rings (SSSR count). The number of ketones is 1. The van der Waals surface area contributed by atoms with Crippen LogP contribution in [0.15, 0.2) is 36.4 Å². The molecule has 1 aliphatic rings. The number of carbonyl (C=O) groups is 2. The number of hydrogen-bond acceptors (Lipinski definition) is 3. The van der Waals surface area contributed by atoms with Crippen LogP contribution in [0.2, 0.25) is 0 Å². The second-order valence-corrected chi connectivity index (χ2v) is 8.88. The van der Waals surface area contributed by atoms with E-state index in [0.717, 1.165) is 24.0 Å². The van der Waals surface area contributed by atoms with Crippen molar-refractivity contribution in [3.05, 3.63) is 69.8 Å². The zero-order valence-corrected chi connectivity index (χ0v) is 17.1. The van der Waals surface area contributed by atoms with Crippen molar-refractivity contribution in [2.45, 2.75) is 58.3 Å². The summed E-state index contributed by atoms with van der Waals surface area (Å²) in [5, 5.41) is 0. The van der Waals surface area contributed by atoms with Crippen LogP contribution in [0.3, 0.4) is 0 Å². The normalized spacial score (nSPS) is 17.1. The average Bonchev–Trinajstić information content (AvgIpc) is 2.64. The van der Waals surface area contributed by atoms with Crippen LogP contribution in [0.25, 0.3) is 0 Å². The molecule has 2 aromatic rings.